The van der Waals surface area contributed by atoms with Crippen LogP contribution in [0.5, 0.6) is 0 Å². The Labute approximate surface area is 132 Å². The summed E-state index contributed by atoms with van der Waals surface area (Å²) in [6, 6.07) is 5.61. The summed E-state index contributed by atoms with van der Waals surface area (Å²) in [5.74, 6) is 0.780. The van der Waals surface area contributed by atoms with E-state index in [0.29, 0.717) is 0 Å². The second-order valence-electron chi connectivity index (χ2n) is 6.00. The third kappa shape index (κ3) is 3.56. The van der Waals surface area contributed by atoms with E-state index in [1.165, 1.54) is 0 Å². The Morgan fingerprint density at radius 1 is 1.43 bits per heavy atom. The molecule has 6 heteroatoms. The molecular weight excluding hydrogens is 334 g/mol. The van der Waals surface area contributed by atoms with Gasteiger partial charge in [-0.3, -0.25) is 0 Å². The smallest absolute Gasteiger partial charge is 0.408 e. The molecule has 0 saturated heterocycles. The number of nitrogens with zero attached hydrogens (tertiary/aromatic N) is 2. The number of hydrogen-bond donors (Lipinski definition) is 1. The number of ether oxygens (including phenoxy) is 1. The molecule has 1 unspecified atom stereocenters. The molecule has 5 nitrogen and oxygen atoms in total. The van der Waals surface area contributed by atoms with E-state index in [2.05, 4.69) is 26.2 Å². The number of amides is 1. The van der Waals surface area contributed by atoms with E-state index in [1.54, 1.807) is 0 Å². The zero-order valence-corrected chi connectivity index (χ0v) is 14.5. The van der Waals surface area contributed by atoms with Gasteiger partial charge in [-0.2, -0.15) is 0 Å². The highest BCUT2D eigenvalue weighted by Gasteiger charge is 2.21. The molecule has 1 N–H and O–H groups in total. The van der Waals surface area contributed by atoms with Crippen molar-refractivity contribution >= 4 is 33.1 Å². The van der Waals surface area contributed by atoms with Crippen molar-refractivity contribution < 1.29 is 9.53 Å². The predicted molar refractivity (Wildman–Crippen MR) is 86.2 cm³/mol. The van der Waals surface area contributed by atoms with Crippen molar-refractivity contribution in [2.75, 3.05) is 0 Å². The summed E-state index contributed by atoms with van der Waals surface area (Å²) < 4.78 is 8.22. The van der Waals surface area contributed by atoms with E-state index >= 15 is 0 Å². The molecule has 21 heavy (non-hydrogen) atoms. The summed E-state index contributed by atoms with van der Waals surface area (Å²) in [5.41, 5.74) is 1.38. The zero-order chi connectivity index (χ0) is 15.8. The number of aryl methyl sites for hydroxylation is 1. The Kier molecular flexibility index (Phi) is 4.27. The largest absolute Gasteiger partial charge is 0.444 e. The Hall–Kier alpha value is -1.56. The highest BCUT2D eigenvalue weighted by molar-refractivity contribution is 9.10. The first kappa shape index (κ1) is 15.8. The molecule has 0 bridgehead atoms. The first-order chi connectivity index (χ1) is 9.69. The van der Waals surface area contributed by atoms with Crippen molar-refractivity contribution in [3.05, 3.63) is 28.5 Å². The quantitative estimate of drug-likeness (QED) is 0.889. The molecule has 114 valence electrons. The van der Waals surface area contributed by atoms with Gasteiger partial charge in [0.2, 0.25) is 0 Å². The van der Waals surface area contributed by atoms with E-state index in [4.69, 9.17) is 4.74 Å². The van der Waals surface area contributed by atoms with Gasteiger partial charge >= 0.3 is 6.09 Å². The van der Waals surface area contributed by atoms with Crippen LogP contribution in [-0.2, 0) is 11.8 Å². The van der Waals surface area contributed by atoms with E-state index < -0.39 is 11.7 Å². The molecule has 0 fully saturated rings. The van der Waals surface area contributed by atoms with Crippen LogP contribution in [0.2, 0.25) is 0 Å². The van der Waals surface area contributed by atoms with Crippen molar-refractivity contribution in [3.63, 3.8) is 0 Å². The van der Waals surface area contributed by atoms with Gasteiger partial charge in [-0.05, 0) is 55.8 Å². The number of rotatable bonds is 2. The van der Waals surface area contributed by atoms with E-state index in [1.807, 2.05) is 57.5 Å². The monoisotopic (exact) mass is 353 g/mol. The molecule has 0 spiro atoms. The molecule has 1 atom stereocenters. The number of benzene rings is 1. The lowest BCUT2D eigenvalue weighted by Gasteiger charge is -2.21. The molecule has 0 radical (unpaired) electrons. The van der Waals surface area contributed by atoms with Crippen LogP contribution >= 0.6 is 15.9 Å². The van der Waals surface area contributed by atoms with Gasteiger partial charge in [-0.1, -0.05) is 6.07 Å². The van der Waals surface area contributed by atoms with E-state index in [9.17, 15) is 4.79 Å². The second kappa shape index (κ2) is 5.67. The molecule has 0 saturated carbocycles. The van der Waals surface area contributed by atoms with Crippen LogP contribution in [0.4, 0.5) is 4.79 Å². The van der Waals surface area contributed by atoms with Crippen LogP contribution in [-0.4, -0.2) is 21.2 Å². The average molecular weight is 354 g/mol. The minimum Gasteiger partial charge on any atom is -0.444 e. The predicted octanol–water partition coefficient (Wildman–Crippen LogP) is 3.92. The topological polar surface area (TPSA) is 56.1 Å². The lowest BCUT2D eigenvalue weighted by Crippen LogP contribution is -2.34. The van der Waals surface area contributed by atoms with Gasteiger partial charge in [0.1, 0.15) is 11.4 Å². The van der Waals surface area contributed by atoms with Gasteiger partial charge in [0, 0.05) is 11.5 Å². The number of aromatic nitrogens is 2. The van der Waals surface area contributed by atoms with Crippen molar-refractivity contribution in [3.8, 4) is 0 Å². The number of nitrogens with one attached hydrogen (secondary N) is 1. The number of halogens is 1. The summed E-state index contributed by atoms with van der Waals surface area (Å²) in [6.45, 7) is 7.40. The van der Waals surface area contributed by atoms with Crippen molar-refractivity contribution in [1.29, 1.82) is 0 Å². The number of carbonyl (C=O) groups is 1. The van der Waals surface area contributed by atoms with Gasteiger partial charge in [-0.15, -0.1) is 0 Å². The summed E-state index contributed by atoms with van der Waals surface area (Å²) in [4.78, 5) is 16.4. The normalized spacial score (nSPS) is 13.2. The van der Waals surface area contributed by atoms with Crippen molar-refractivity contribution in [2.24, 2.45) is 7.05 Å². The van der Waals surface area contributed by atoms with Crippen molar-refractivity contribution in [2.45, 2.75) is 39.3 Å². The van der Waals surface area contributed by atoms with Gasteiger partial charge in [-0.25, -0.2) is 9.78 Å². The Bertz CT molecular complexity index is 673. The minimum atomic E-state index is -0.515. The van der Waals surface area contributed by atoms with E-state index in [-0.39, 0.29) is 6.04 Å². The highest BCUT2D eigenvalue weighted by Crippen LogP contribution is 2.26. The van der Waals surface area contributed by atoms with Gasteiger partial charge in [0.05, 0.1) is 17.1 Å². The number of fused-ring (bicyclic) bond motifs is 1. The van der Waals surface area contributed by atoms with Crippen LogP contribution < -0.4 is 5.32 Å². The summed E-state index contributed by atoms with van der Waals surface area (Å²) in [7, 11) is 1.93. The summed E-state index contributed by atoms with van der Waals surface area (Å²) in [6.07, 6.45) is -0.443. The average Bonchev–Trinajstić information content (AvgIpc) is 2.65. The maximum Gasteiger partial charge on any atom is 0.408 e. The number of carbonyl (C=O) groups excluding carboxylic acids is 1. The number of para-hydroxylation sites is 1. The lowest BCUT2D eigenvalue weighted by atomic mass is 10.2. The number of hydrogen-bond acceptors (Lipinski definition) is 3. The zero-order valence-electron chi connectivity index (χ0n) is 12.9. The Balaban J connectivity index is 2.24. The SMILES string of the molecule is CC(NC(=O)OC(C)(C)C)c1nc2cccc(Br)c2n1C. The molecule has 0 aliphatic heterocycles. The fourth-order valence-corrected chi connectivity index (χ4v) is 2.80. The maximum absolute atomic E-state index is 11.9. The van der Waals surface area contributed by atoms with E-state index in [0.717, 1.165) is 21.3 Å². The molecule has 2 aromatic rings. The fourth-order valence-electron chi connectivity index (χ4n) is 2.18. The molecule has 0 aliphatic carbocycles. The first-order valence-corrected chi connectivity index (χ1v) is 7.58. The third-order valence-corrected chi connectivity index (χ3v) is 3.64. The van der Waals surface area contributed by atoms with Gasteiger partial charge in [0.25, 0.3) is 0 Å². The number of imidazole rings is 1. The first-order valence-electron chi connectivity index (χ1n) is 6.79. The molecular formula is C15H20BrN3O2. The van der Waals surface area contributed by atoms with Gasteiger partial charge in [0.15, 0.2) is 0 Å². The standard InChI is InChI=1S/C15H20BrN3O2/c1-9(17-14(20)21-15(2,3)4)13-18-11-8-6-7-10(16)12(11)19(13)5/h6-9H,1-5H3,(H,17,20). The van der Waals surface area contributed by atoms with Crippen LogP contribution in [0.15, 0.2) is 22.7 Å². The molecule has 1 aromatic carbocycles. The highest BCUT2D eigenvalue weighted by atomic mass is 79.9. The van der Waals surface area contributed by atoms with Crippen LogP contribution in [0.1, 0.15) is 39.6 Å². The fraction of sp³-hybridized carbons (Fsp3) is 0.467. The third-order valence-electron chi connectivity index (χ3n) is 3.00. The van der Waals surface area contributed by atoms with Crippen LogP contribution in [0.3, 0.4) is 0 Å². The number of alkyl carbamates (subject to hydrolysis) is 1. The molecule has 0 aliphatic rings. The minimum absolute atomic E-state index is 0.246. The van der Waals surface area contributed by atoms with Crippen molar-refractivity contribution in [1.82, 2.24) is 14.9 Å². The second-order valence-corrected chi connectivity index (χ2v) is 6.86. The van der Waals surface area contributed by atoms with Crippen LogP contribution in [0, 0.1) is 0 Å². The molecule has 1 heterocycles. The maximum atomic E-state index is 11.9. The van der Waals surface area contributed by atoms with Crippen LogP contribution in [0.25, 0.3) is 11.0 Å². The molecule has 2 rings (SSSR count). The van der Waals surface area contributed by atoms with Gasteiger partial charge < -0.3 is 14.6 Å². The summed E-state index contributed by atoms with van der Waals surface area (Å²) >= 11 is 3.53. The Morgan fingerprint density at radius 3 is 2.67 bits per heavy atom. The molecule has 1 aromatic heterocycles. The summed E-state index contributed by atoms with van der Waals surface area (Å²) in [5, 5.41) is 2.81. The lowest BCUT2D eigenvalue weighted by molar-refractivity contribution is 0.0505. The molecule has 1 amide bonds. The Morgan fingerprint density at radius 2 is 2.10 bits per heavy atom.